The van der Waals surface area contributed by atoms with Gasteiger partial charge < -0.3 is 9.84 Å². The van der Waals surface area contributed by atoms with E-state index < -0.39 is 0 Å². The van der Waals surface area contributed by atoms with Crippen LogP contribution in [0.4, 0.5) is 0 Å². The summed E-state index contributed by atoms with van der Waals surface area (Å²) in [6.07, 6.45) is 6.21. The number of hydrogen-bond donors (Lipinski definition) is 1. The van der Waals surface area contributed by atoms with Gasteiger partial charge in [0.2, 0.25) is 0 Å². The van der Waals surface area contributed by atoms with Crippen molar-refractivity contribution in [3.05, 3.63) is 29.8 Å². The molecule has 0 aliphatic rings. The lowest BCUT2D eigenvalue weighted by Crippen LogP contribution is -1.97. The van der Waals surface area contributed by atoms with Crippen LogP contribution in [0.1, 0.15) is 44.6 Å². The predicted molar refractivity (Wildman–Crippen MR) is 74.7 cm³/mol. The Balaban J connectivity index is 2.29. The highest BCUT2D eigenvalue weighted by Crippen LogP contribution is 2.13. The van der Waals surface area contributed by atoms with Crippen molar-refractivity contribution in [1.82, 2.24) is 0 Å². The van der Waals surface area contributed by atoms with Crippen LogP contribution in [0.5, 0.6) is 5.75 Å². The van der Waals surface area contributed by atoms with Crippen molar-refractivity contribution in [2.24, 2.45) is 0 Å². The summed E-state index contributed by atoms with van der Waals surface area (Å²) in [5, 5.41) is 8.64. The predicted octanol–water partition coefficient (Wildman–Crippen LogP) is 3.38. The van der Waals surface area contributed by atoms with Gasteiger partial charge in [-0.05, 0) is 24.6 Å². The minimum absolute atomic E-state index is 0.109. The molecule has 0 radical (unpaired) electrons. The lowest BCUT2D eigenvalue weighted by atomic mass is 10.2. The average molecular weight is 246 g/mol. The molecule has 0 heterocycles. The van der Waals surface area contributed by atoms with E-state index in [0.717, 1.165) is 24.3 Å². The minimum atomic E-state index is -0.109. The molecule has 0 aliphatic carbocycles. The number of rotatable bonds is 7. The van der Waals surface area contributed by atoms with Crippen molar-refractivity contribution >= 4 is 0 Å². The summed E-state index contributed by atoms with van der Waals surface area (Å²) in [7, 11) is 0. The Kier molecular flexibility index (Phi) is 7.75. The summed E-state index contributed by atoms with van der Waals surface area (Å²) in [6, 6.07) is 7.69. The highest BCUT2D eigenvalue weighted by Gasteiger charge is 1.95. The molecule has 0 aromatic heterocycles. The first-order valence-corrected chi connectivity index (χ1v) is 6.69. The van der Waals surface area contributed by atoms with Gasteiger partial charge in [0.15, 0.2) is 0 Å². The summed E-state index contributed by atoms with van der Waals surface area (Å²) in [4.78, 5) is 0. The van der Waals surface area contributed by atoms with Crippen LogP contribution < -0.4 is 4.74 Å². The molecule has 0 saturated heterocycles. The van der Waals surface area contributed by atoms with Crippen LogP contribution in [0, 0.1) is 11.8 Å². The van der Waals surface area contributed by atoms with E-state index in [-0.39, 0.29) is 6.61 Å². The van der Waals surface area contributed by atoms with Crippen molar-refractivity contribution in [2.45, 2.75) is 39.0 Å². The Bertz CT molecular complexity index is 388. The van der Waals surface area contributed by atoms with Crippen molar-refractivity contribution in [1.29, 1.82) is 0 Å². The maximum atomic E-state index is 8.64. The molecule has 0 unspecified atom stereocenters. The monoisotopic (exact) mass is 246 g/mol. The second-order valence-electron chi connectivity index (χ2n) is 4.25. The minimum Gasteiger partial charge on any atom is -0.494 e. The van der Waals surface area contributed by atoms with Crippen LogP contribution in [0.3, 0.4) is 0 Å². The molecule has 2 nitrogen and oxygen atoms in total. The standard InChI is InChI=1S/C16H22O2/c1-2-3-4-5-6-13-18-16-11-7-9-15(14-16)10-8-12-17/h7,9,11,14,17H,2-6,12-13H2,1H3. The Morgan fingerprint density at radius 1 is 1.17 bits per heavy atom. The molecule has 98 valence electrons. The zero-order chi connectivity index (χ0) is 13.1. The normalized spacial score (nSPS) is 9.67. The van der Waals surface area contributed by atoms with Gasteiger partial charge in [0, 0.05) is 5.56 Å². The topological polar surface area (TPSA) is 29.5 Å². The highest BCUT2D eigenvalue weighted by atomic mass is 16.5. The SMILES string of the molecule is CCCCCCCOc1cccc(C#CCO)c1. The molecule has 1 N–H and O–H groups in total. The van der Waals surface area contributed by atoms with Gasteiger partial charge in [0.05, 0.1) is 6.61 Å². The van der Waals surface area contributed by atoms with E-state index in [2.05, 4.69) is 18.8 Å². The summed E-state index contributed by atoms with van der Waals surface area (Å²) in [6.45, 7) is 2.87. The van der Waals surface area contributed by atoms with E-state index in [0.29, 0.717) is 0 Å². The van der Waals surface area contributed by atoms with Crippen molar-refractivity contribution in [3.8, 4) is 17.6 Å². The van der Waals surface area contributed by atoms with Crippen LogP contribution in [-0.2, 0) is 0 Å². The number of aliphatic hydroxyl groups is 1. The maximum absolute atomic E-state index is 8.64. The van der Waals surface area contributed by atoms with Crippen molar-refractivity contribution in [3.63, 3.8) is 0 Å². The Morgan fingerprint density at radius 2 is 2.00 bits per heavy atom. The maximum Gasteiger partial charge on any atom is 0.120 e. The summed E-state index contributed by atoms with van der Waals surface area (Å²) >= 11 is 0. The fourth-order valence-corrected chi connectivity index (χ4v) is 1.70. The van der Waals surface area contributed by atoms with E-state index in [1.54, 1.807) is 0 Å². The fraction of sp³-hybridized carbons (Fsp3) is 0.500. The third kappa shape index (κ3) is 6.32. The van der Waals surface area contributed by atoms with Gasteiger partial charge in [0.1, 0.15) is 12.4 Å². The van der Waals surface area contributed by atoms with Gasteiger partial charge in [-0.25, -0.2) is 0 Å². The number of benzene rings is 1. The van der Waals surface area contributed by atoms with Gasteiger partial charge >= 0.3 is 0 Å². The van der Waals surface area contributed by atoms with Crippen LogP contribution in [0.15, 0.2) is 24.3 Å². The lowest BCUT2D eigenvalue weighted by molar-refractivity contribution is 0.304. The van der Waals surface area contributed by atoms with Crippen molar-refractivity contribution < 1.29 is 9.84 Å². The molecule has 1 aromatic carbocycles. The molecule has 0 amide bonds. The average Bonchev–Trinajstić information content (AvgIpc) is 2.41. The quantitative estimate of drug-likeness (QED) is 0.590. The van der Waals surface area contributed by atoms with Crippen LogP contribution in [-0.4, -0.2) is 18.3 Å². The van der Waals surface area contributed by atoms with Crippen LogP contribution >= 0.6 is 0 Å². The van der Waals surface area contributed by atoms with Gasteiger partial charge in [-0.3, -0.25) is 0 Å². The molecular formula is C16H22O2. The molecule has 1 rings (SSSR count). The fourth-order valence-electron chi connectivity index (χ4n) is 1.70. The van der Waals surface area contributed by atoms with Gasteiger partial charge in [0.25, 0.3) is 0 Å². The van der Waals surface area contributed by atoms with E-state index in [1.807, 2.05) is 24.3 Å². The Morgan fingerprint density at radius 3 is 2.78 bits per heavy atom. The Labute approximate surface area is 110 Å². The third-order valence-electron chi connectivity index (χ3n) is 2.66. The molecule has 18 heavy (non-hydrogen) atoms. The van der Waals surface area contributed by atoms with Crippen LogP contribution in [0.2, 0.25) is 0 Å². The molecule has 2 heteroatoms. The van der Waals surface area contributed by atoms with E-state index >= 15 is 0 Å². The number of unbranched alkanes of at least 4 members (excludes halogenated alkanes) is 4. The lowest BCUT2D eigenvalue weighted by Gasteiger charge is -2.06. The first-order valence-electron chi connectivity index (χ1n) is 6.69. The highest BCUT2D eigenvalue weighted by molar-refractivity contribution is 5.39. The molecule has 0 fully saturated rings. The molecule has 0 saturated carbocycles. The molecule has 1 aromatic rings. The number of ether oxygens (including phenoxy) is 1. The van der Waals surface area contributed by atoms with Gasteiger partial charge in [-0.1, -0.05) is 50.5 Å². The molecule has 0 spiro atoms. The third-order valence-corrected chi connectivity index (χ3v) is 2.66. The van der Waals surface area contributed by atoms with Crippen LogP contribution in [0.25, 0.3) is 0 Å². The zero-order valence-electron chi connectivity index (χ0n) is 11.1. The molecule has 0 aliphatic heterocycles. The zero-order valence-corrected chi connectivity index (χ0v) is 11.1. The van der Waals surface area contributed by atoms with Gasteiger partial charge in [-0.15, -0.1) is 0 Å². The molecule has 0 bridgehead atoms. The largest absolute Gasteiger partial charge is 0.494 e. The second-order valence-corrected chi connectivity index (χ2v) is 4.25. The first-order chi connectivity index (χ1) is 8.86. The summed E-state index contributed by atoms with van der Waals surface area (Å²) in [5.74, 6) is 6.36. The number of aliphatic hydroxyl groups excluding tert-OH is 1. The molecule has 0 atom stereocenters. The van der Waals surface area contributed by atoms with Gasteiger partial charge in [-0.2, -0.15) is 0 Å². The smallest absolute Gasteiger partial charge is 0.120 e. The summed E-state index contributed by atoms with van der Waals surface area (Å²) < 4.78 is 5.68. The van der Waals surface area contributed by atoms with E-state index in [1.165, 1.54) is 25.7 Å². The van der Waals surface area contributed by atoms with E-state index in [4.69, 9.17) is 9.84 Å². The second kappa shape index (κ2) is 9.56. The summed E-state index contributed by atoms with van der Waals surface area (Å²) in [5.41, 5.74) is 0.882. The van der Waals surface area contributed by atoms with Crippen molar-refractivity contribution in [2.75, 3.05) is 13.2 Å². The first kappa shape index (κ1) is 14.6. The molecular weight excluding hydrogens is 224 g/mol. The van der Waals surface area contributed by atoms with E-state index in [9.17, 15) is 0 Å². The number of hydrogen-bond acceptors (Lipinski definition) is 2. The Hall–Kier alpha value is -1.46.